The number of hydrogen-bond donors (Lipinski definition) is 1. The second kappa shape index (κ2) is 7.96. The van der Waals surface area contributed by atoms with Crippen LogP contribution < -0.4 is 11.0 Å². The Bertz CT molecular complexity index is 1360. The van der Waals surface area contributed by atoms with Crippen LogP contribution in [0.5, 0.6) is 0 Å². The van der Waals surface area contributed by atoms with Crippen molar-refractivity contribution in [3.05, 3.63) is 95.2 Å². The molecule has 2 aromatic carbocycles. The summed E-state index contributed by atoms with van der Waals surface area (Å²) in [6, 6.07) is 19.5. The molecule has 8 nitrogen and oxygen atoms in total. The highest BCUT2D eigenvalue weighted by atomic mass is 32.2. The molecule has 4 aromatic rings. The Hall–Kier alpha value is -3.72. The van der Waals surface area contributed by atoms with Crippen LogP contribution in [-0.4, -0.2) is 27.8 Å². The minimum absolute atomic E-state index is 0.00499. The second-order valence-electron chi connectivity index (χ2n) is 6.54. The zero-order valence-electron chi connectivity index (χ0n) is 15.8. The largest absolute Gasteiger partial charge is 0.349 e. The number of hydrogen-bond acceptors (Lipinski definition) is 5. The lowest BCUT2D eigenvalue weighted by Gasteiger charge is -2.06. The number of imidazole rings is 1. The quantitative estimate of drug-likeness (QED) is 0.510. The van der Waals surface area contributed by atoms with Crippen LogP contribution in [0, 0.1) is 0 Å². The third kappa shape index (κ3) is 3.62. The fraction of sp³-hybridized carbons (Fsp3) is 0.0952. The molecule has 0 spiro atoms. The second-order valence-corrected chi connectivity index (χ2v) is 8.32. The Balaban J connectivity index is 1.71. The maximum Gasteiger partial charge on any atom is 0.343 e. The molecule has 9 heteroatoms. The van der Waals surface area contributed by atoms with Crippen molar-refractivity contribution in [1.29, 1.82) is 0 Å². The number of carbonyl (C=O) groups is 1. The van der Waals surface area contributed by atoms with E-state index >= 15 is 0 Å². The lowest BCUT2D eigenvalue weighted by atomic mass is 10.3. The van der Waals surface area contributed by atoms with Gasteiger partial charge in [0.2, 0.25) is 5.91 Å². The molecule has 2 aromatic heterocycles. The minimum atomic E-state index is -4.12. The number of pyridine rings is 1. The van der Waals surface area contributed by atoms with Crippen molar-refractivity contribution in [1.82, 2.24) is 18.8 Å². The highest BCUT2D eigenvalue weighted by molar-refractivity contribution is 7.90. The van der Waals surface area contributed by atoms with Gasteiger partial charge in [-0.25, -0.2) is 13.2 Å². The van der Waals surface area contributed by atoms with Gasteiger partial charge in [0.25, 0.3) is 10.0 Å². The molecular formula is C21H18N4O4S. The first-order valence-corrected chi connectivity index (χ1v) is 10.6. The first kappa shape index (κ1) is 19.6. The first-order valence-electron chi connectivity index (χ1n) is 9.16. The minimum Gasteiger partial charge on any atom is -0.349 e. The predicted molar refractivity (Wildman–Crippen MR) is 111 cm³/mol. The summed E-state index contributed by atoms with van der Waals surface area (Å²) >= 11 is 0. The molecule has 1 amide bonds. The molecule has 0 unspecified atom stereocenters. The monoisotopic (exact) mass is 422 g/mol. The molecule has 1 N–H and O–H groups in total. The maximum absolute atomic E-state index is 13.1. The molecule has 0 bridgehead atoms. The van der Waals surface area contributed by atoms with Crippen molar-refractivity contribution in [3.63, 3.8) is 0 Å². The molecule has 0 aliphatic carbocycles. The Labute approximate surface area is 172 Å². The van der Waals surface area contributed by atoms with Gasteiger partial charge in [-0.1, -0.05) is 36.4 Å². The van der Waals surface area contributed by atoms with E-state index in [-0.39, 0.29) is 23.5 Å². The number of carbonyl (C=O) groups excluding carboxylic acids is 1. The van der Waals surface area contributed by atoms with Gasteiger partial charge in [0.15, 0.2) is 0 Å². The van der Waals surface area contributed by atoms with Crippen LogP contribution in [-0.2, 0) is 27.9 Å². The molecule has 0 aliphatic rings. The van der Waals surface area contributed by atoms with Crippen molar-refractivity contribution in [2.75, 3.05) is 0 Å². The SMILES string of the molecule is O=C(Cn1c(=O)n(S(=O)(=O)c2ccccc2)c2ccccc21)NCc1ccccn1. The van der Waals surface area contributed by atoms with Gasteiger partial charge < -0.3 is 5.32 Å². The Morgan fingerprint density at radius 1 is 0.900 bits per heavy atom. The normalized spacial score (nSPS) is 11.5. The number of amides is 1. The van der Waals surface area contributed by atoms with E-state index in [0.717, 1.165) is 8.54 Å². The van der Waals surface area contributed by atoms with E-state index in [1.54, 1.807) is 66.9 Å². The fourth-order valence-electron chi connectivity index (χ4n) is 3.15. The predicted octanol–water partition coefficient (Wildman–Crippen LogP) is 1.75. The lowest BCUT2D eigenvalue weighted by molar-refractivity contribution is -0.121. The van der Waals surface area contributed by atoms with E-state index in [1.165, 1.54) is 12.1 Å². The summed E-state index contributed by atoms with van der Waals surface area (Å²) in [6.07, 6.45) is 1.62. The van der Waals surface area contributed by atoms with E-state index in [2.05, 4.69) is 10.3 Å². The molecule has 0 fully saturated rings. The molecule has 0 saturated carbocycles. The van der Waals surface area contributed by atoms with Crippen molar-refractivity contribution in [3.8, 4) is 0 Å². The fourth-order valence-corrected chi connectivity index (χ4v) is 4.58. The van der Waals surface area contributed by atoms with Crippen LogP contribution >= 0.6 is 0 Å². The summed E-state index contributed by atoms with van der Waals surface area (Å²) < 4.78 is 28.1. The number of para-hydroxylation sites is 2. The summed E-state index contributed by atoms with van der Waals surface area (Å²) in [6.45, 7) is -0.112. The number of aromatic nitrogens is 3. The topological polar surface area (TPSA) is 103 Å². The first-order chi connectivity index (χ1) is 14.5. The average Bonchev–Trinajstić information content (AvgIpc) is 3.05. The zero-order chi connectivity index (χ0) is 21.1. The third-order valence-corrected chi connectivity index (χ3v) is 6.27. The molecule has 0 radical (unpaired) electrons. The number of benzene rings is 2. The molecule has 4 rings (SSSR count). The van der Waals surface area contributed by atoms with Crippen molar-refractivity contribution < 1.29 is 13.2 Å². The van der Waals surface area contributed by atoms with Gasteiger partial charge in [-0.05, 0) is 36.4 Å². The Morgan fingerprint density at radius 2 is 1.57 bits per heavy atom. The zero-order valence-corrected chi connectivity index (χ0v) is 16.6. The summed E-state index contributed by atoms with van der Waals surface area (Å²) in [4.78, 5) is 29.6. The van der Waals surface area contributed by atoms with E-state index in [1.807, 2.05) is 0 Å². The van der Waals surface area contributed by atoms with Gasteiger partial charge in [-0.2, -0.15) is 3.97 Å². The van der Waals surface area contributed by atoms with Crippen LogP contribution in [0.15, 0.2) is 88.7 Å². The lowest BCUT2D eigenvalue weighted by Crippen LogP contribution is -2.34. The number of fused-ring (bicyclic) bond motifs is 1. The van der Waals surface area contributed by atoms with Crippen LogP contribution in [0.2, 0.25) is 0 Å². The van der Waals surface area contributed by atoms with Crippen LogP contribution in [0.4, 0.5) is 0 Å². The summed E-state index contributed by atoms with van der Waals surface area (Å²) in [5.41, 5.74) is 0.444. The molecule has 30 heavy (non-hydrogen) atoms. The molecule has 0 saturated heterocycles. The third-order valence-electron chi connectivity index (χ3n) is 4.57. The summed E-state index contributed by atoms with van der Waals surface area (Å²) in [5.74, 6) is -0.428. The van der Waals surface area contributed by atoms with E-state index < -0.39 is 21.6 Å². The summed E-state index contributed by atoms with van der Waals surface area (Å²) in [5, 5.41) is 2.70. The van der Waals surface area contributed by atoms with Gasteiger partial charge in [0.1, 0.15) is 6.54 Å². The Kier molecular flexibility index (Phi) is 5.20. The number of nitrogens with zero attached hydrogens (tertiary/aromatic N) is 3. The molecule has 0 atom stereocenters. The van der Waals surface area contributed by atoms with Crippen LogP contribution in [0.3, 0.4) is 0 Å². The van der Waals surface area contributed by atoms with Crippen molar-refractivity contribution in [2.24, 2.45) is 0 Å². The van der Waals surface area contributed by atoms with Crippen molar-refractivity contribution in [2.45, 2.75) is 18.0 Å². The van der Waals surface area contributed by atoms with Crippen LogP contribution in [0.25, 0.3) is 11.0 Å². The van der Waals surface area contributed by atoms with Crippen LogP contribution in [0.1, 0.15) is 5.69 Å². The van der Waals surface area contributed by atoms with Gasteiger partial charge in [-0.15, -0.1) is 0 Å². The van der Waals surface area contributed by atoms with Gasteiger partial charge in [0.05, 0.1) is 28.2 Å². The molecule has 152 valence electrons. The molecule has 0 aliphatic heterocycles. The molecular weight excluding hydrogens is 404 g/mol. The van der Waals surface area contributed by atoms with E-state index in [4.69, 9.17) is 0 Å². The summed E-state index contributed by atoms with van der Waals surface area (Å²) in [7, 11) is -4.12. The van der Waals surface area contributed by atoms with E-state index in [9.17, 15) is 18.0 Å². The standard InChI is InChI=1S/C21H18N4O4S/c26-20(23-14-16-8-6-7-13-22-16)15-24-18-11-4-5-12-19(18)25(21(24)27)30(28,29)17-9-2-1-3-10-17/h1-13H,14-15H2,(H,23,26). The van der Waals surface area contributed by atoms with Gasteiger partial charge >= 0.3 is 5.69 Å². The Morgan fingerprint density at radius 3 is 2.27 bits per heavy atom. The number of nitrogens with one attached hydrogen (secondary N) is 1. The van der Waals surface area contributed by atoms with E-state index in [0.29, 0.717) is 11.2 Å². The average molecular weight is 422 g/mol. The number of rotatable bonds is 6. The highest BCUT2D eigenvalue weighted by Crippen LogP contribution is 2.19. The van der Waals surface area contributed by atoms with Gasteiger partial charge in [-0.3, -0.25) is 14.3 Å². The maximum atomic E-state index is 13.1. The van der Waals surface area contributed by atoms with Gasteiger partial charge in [0, 0.05) is 6.20 Å². The highest BCUT2D eigenvalue weighted by Gasteiger charge is 2.25. The molecule has 2 heterocycles. The smallest absolute Gasteiger partial charge is 0.343 e. The van der Waals surface area contributed by atoms with Crippen molar-refractivity contribution >= 4 is 27.0 Å².